The van der Waals surface area contributed by atoms with Crippen molar-refractivity contribution in [2.24, 2.45) is 5.92 Å². The van der Waals surface area contributed by atoms with Crippen molar-refractivity contribution in [1.29, 1.82) is 0 Å². The Balaban J connectivity index is 2.03. The van der Waals surface area contributed by atoms with Gasteiger partial charge in [0.25, 0.3) is 0 Å². The highest BCUT2D eigenvalue weighted by Gasteiger charge is 2.28. The van der Waals surface area contributed by atoms with Crippen molar-refractivity contribution in [3.8, 4) is 0 Å². The van der Waals surface area contributed by atoms with E-state index in [4.69, 9.17) is 4.74 Å². The van der Waals surface area contributed by atoms with Gasteiger partial charge in [-0.3, -0.25) is 4.79 Å². The Labute approximate surface area is 109 Å². The molecule has 1 amide bonds. The van der Waals surface area contributed by atoms with E-state index in [0.717, 1.165) is 22.4 Å². The summed E-state index contributed by atoms with van der Waals surface area (Å²) in [7, 11) is 0. The maximum absolute atomic E-state index is 12.0. The minimum Gasteiger partial charge on any atom is -0.378 e. The molecule has 0 saturated carbocycles. The molecule has 4 nitrogen and oxygen atoms in total. The maximum Gasteiger partial charge on any atom is 0.229 e. The number of anilines is 1. The zero-order valence-corrected chi connectivity index (χ0v) is 11.5. The van der Waals surface area contributed by atoms with Gasteiger partial charge < -0.3 is 10.1 Å². The lowest BCUT2D eigenvalue weighted by molar-refractivity contribution is -0.119. The van der Waals surface area contributed by atoms with Crippen molar-refractivity contribution in [1.82, 2.24) is 4.98 Å². The van der Waals surface area contributed by atoms with Gasteiger partial charge in [0, 0.05) is 0 Å². The first-order valence-electron chi connectivity index (χ1n) is 5.62. The molecule has 5 heteroatoms. The number of hydrogen-bond acceptors (Lipinski definition) is 3. The largest absolute Gasteiger partial charge is 0.378 e. The van der Waals surface area contributed by atoms with Crippen molar-refractivity contribution < 1.29 is 9.53 Å². The van der Waals surface area contributed by atoms with Crippen LogP contribution in [0.5, 0.6) is 0 Å². The number of amides is 1. The predicted octanol–water partition coefficient (Wildman–Crippen LogP) is 2.52. The van der Waals surface area contributed by atoms with Gasteiger partial charge >= 0.3 is 0 Å². The van der Waals surface area contributed by atoms with Crippen LogP contribution in [-0.4, -0.2) is 23.6 Å². The minimum absolute atomic E-state index is 0.0153. The summed E-state index contributed by atoms with van der Waals surface area (Å²) in [6.45, 7) is 4.36. The number of hydrogen-bond donors (Lipinski definition) is 1. The Morgan fingerprint density at radius 3 is 2.94 bits per heavy atom. The summed E-state index contributed by atoms with van der Waals surface area (Å²) in [5, 5.41) is 2.90. The second-order valence-electron chi connectivity index (χ2n) is 4.33. The normalized spacial score (nSPS) is 23.7. The van der Waals surface area contributed by atoms with Crippen molar-refractivity contribution in [2.45, 2.75) is 26.4 Å². The highest BCUT2D eigenvalue weighted by atomic mass is 79.9. The molecule has 1 aliphatic rings. The number of nitrogens with one attached hydrogen (secondary N) is 1. The molecule has 2 heterocycles. The number of halogens is 1. The molecular formula is C12H15BrN2O2. The van der Waals surface area contributed by atoms with Crippen molar-refractivity contribution in [2.75, 3.05) is 11.9 Å². The standard InChI is InChI=1S/C12H15BrN2O2/c1-7-5-9(6-17-7)12(16)15-10-3-4-11(13)14-8(10)2/h3-4,7,9H,5-6H2,1-2H3,(H,15,16). The summed E-state index contributed by atoms with van der Waals surface area (Å²) in [6, 6.07) is 3.67. The van der Waals surface area contributed by atoms with Crippen LogP contribution in [0.3, 0.4) is 0 Å². The molecule has 1 fully saturated rings. The van der Waals surface area contributed by atoms with Gasteiger partial charge in [-0.25, -0.2) is 4.98 Å². The average Bonchev–Trinajstić information content (AvgIpc) is 2.69. The lowest BCUT2D eigenvalue weighted by atomic mass is 10.1. The molecule has 0 bridgehead atoms. The fourth-order valence-corrected chi connectivity index (χ4v) is 2.30. The number of pyridine rings is 1. The van der Waals surface area contributed by atoms with Crippen LogP contribution >= 0.6 is 15.9 Å². The quantitative estimate of drug-likeness (QED) is 0.854. The van der Waals surface area contributed by atoms with Gasteiger partial charge in [0.15, 0.2) is 0 Å². The number of nitrogens with zero attached hydrogens (tertiary/aromatic N) is 1. The Morgan fingerprint density at radius 2 is 2.35 bits per heavy atom. The number of carbonyl (C=O) groups is 1. The average molecular weight is 299 g/mol. The zero-order valence-electron chi connectivity index (χ0n) is 9.87. The van der Waals surface area contributed by atoms with Gasteiger partial charge in [0.1, 0.15) is 4.60 Å². The molecule has 2 atom stereocenters. The zero-order chi connectivity index (χ0) is 12.4. The van der Waals surface area contributed by atoms with Gasteiger partial charge in [-0.2, -0.15) is 0 Å². The van der Waals surface area contributed by atoms with Crippen LogP contribution in [0.25, 0.3) is 0 Å². The fraction of sp³-hybridized carbons (Fsp3) is 0.500. The Bertz CT molecular complexity index is 437. The molecule has 0 spiro atoms. The molecule has 1 aliphatic heterocycles. The van der Waals surface area contributed by atoms with E-state index in [1.807, 2.05) is 26.0 Å². The van der Waals surface area contributed by atoms with Gasteiger partial charge in [-0.1, -0.05) is 0 Å². The van der Waals surface area contributed by atoms with Crippen molar-refractivity contribution in [3.05, 3.63) is 22.4 Å². The SMILES string of the molecule is Cc1nc(Br)ccc1NC(=O)C1COC(C)C1. The van der Waals surface area contributed by atoms with Crippen LogP contribution in [0.1, 0.15) is 19.0 Å². The number of carbonyl (C=O) groups excluding carboxylic acids is 1. The number of aryl methyl sites for hydroxylation is 1. The number of ether oxygens (including phenoxy) is 1. The summed E-state index contributed by atoms with van der Waals surface area (Å²) in [5.41, 5.74) is 1.57. The van der Waals surface area contributed by atoms with Crippen LogP contribution in [0.4, 0.5) is 5.69 Å². The van der Waals surface area contributed by atoms with E-state index in [0.29, 0.717) is 6.61 Å². The van der Waals surface area contributed by atoms with E-state index in [2.05, 4.69) is 26.2 Å². The molecular weight excluding hydrogens is 284 g/mol. The van der Waals surface area contributed by atoms with Crippen LogP contribution in [0.15, 0.2) is 16.7 Å². The van der Waals surface area contributed by atoms with Crippen LogP contribution in [-0.2, 0) is 9.53 Å². The van der Waals surface area contributed by atoms with E-state index in [-0.39, 0.29) is 17.9 Å². The third-order valence-corrected chi connectivity index (χ3v) is 3.32. The Hall–Kier alpha value is -0.940. The smallest absolute Gasteiger partial charge is 0.229 e. The highest BCUT2D eigenvalue weighted by molar-refractivity contribution is 9.10. The second kappa shape index (κ2) is 5.14. The number of aromatic nitrogens is 1. The van der Waals surface area contributed by atoms with Gasteiger partial charge in [0.05, 0.1) is 30.0 Å². The Kier molecular flexibility index (Phi) is 3.79. The van der Waals surface area contributed by atoms with E-state index < -0.39 is 0 Å². The maximum atomic E-state index is 12.0. The summed E-state index contributed by atoms with van der Waals surface area (Å²) >= 11 is 3.29. The lowest BCUT2D eigenvalue weighted by Crippen LogP contribution is -2.23. The third kappa shape index (κ3) is 3.04. The molecule has 0 aromatic carbocycles. The molecule has 1 N–H and O–H groups in total. The molecule has 1 aromatic heterocycles. The summed E-state index contributed by atoms with van der Waals surface area (Å²) in [6.07, 6.45) is 0.962. The van der Waals surface area contributed by atoms with Gasteiger partial charge in [0.2, 0.25) is 5.91 Å². The van der Waals surface area contributed by atoms with E-state index in [9.17, 15) is 4.79 Å². The van der Waals surface area contributed by atoms with E-state index in [1.54, 1.807) is 0 Å². The van der Waals surface area contributed by atoms with Crippen LogP contribution < -0.4 is 5.32 Å². The van der Waals surface area contributed by atoms with Crippen LogP contribution in [0.2, 0.25) is 0 Å². The minimum atomic E-state index is -0.0481. The summed E-state index contributed by atoms with van der Waals surface area (Å²) in [5.74, 6) is -0.0328. The van der Waals surface area contributed by atoms with E-state index in [1.165, 1.54) is 0 Å². The molecule has 17 heavy (non-hydrogen) atoms. The first kappa shape index (κ1) is 12.5. The third-order valence-electron chi connectivity index (χ3n) is 2.88. The molecule has 1 saturated heterocycles. The first-order chi connectivity index (χ1) is 8.06. The lowest BCUT2D eigenvalue weighted by Gasteiger charge is -2.11. The predicted molar refractivity (Wildman–Crippen MR) is 68.8 cm³/mol. The van der Waals surface area contributed by atoms with Gasteiger partial charge in [-0.15, -0.1) is 0 Å². The molecule has 2 unspecified atom stereocenters. The first-order valence-corrected chi connectivity index (χ1v) is 6.41. The molecule has 2 rings (SSSR count). The molecule has 92 valence electrons. The van der Waals surface area contributed by atoms with Crippen molar-refractivity contribution >= 4 is 27.5 Å². The highest BCUT2D eigenvalue weighted by Crippen LogP contribution is 2.22. The summed E-state index contributed by atoms with van der Waals surface area (Å²) < 4.78 is 6.16. The topological polar surface area (TPSA) is 51.2 Å². The number of rotatable bonds is 2. The monoisotopic (exact) mass is 298 g/mol. The second-order valence-corrected chi connectivity index (χ2v) is 5.15. The molecule has 0 aliphatic carbocycles. The molecule has 1 aromatic rings. The van der Waals surface area contributed by atoms with Gasteiger partial charge in [-0.05, 0) is 48.3 Å². The Morgan fingerprint density at radius 1 is 1.59 bits per heavy atom. The summed E-state index contributed by atoms with van der Waals surface area (Å²) in [4.78, 5) is 16.2. The fourth-order valence-electron chi connectivity index (χ4n) is 1.90. The van der Waals surface area contributed by atoms with Crippen LogP contribution in [0, 0.1) is 12.8 Å². The van der Waals surface area contributed by atoms with Crippen molar-refractivity contribution in [3.63, 3.8) is 0 Å². The molecule has 0 radical (unpaired) electrons. The van der Waals surface area contributed by atoms with E-state index >= 15 is 0 Å².